The molecule has 4 N–H and O–H groups in total. The molecule has 4 amide bonds. The van der Waals surface area contributed by atoms with Crippen molar-refractivity contribution in [2.45, 2.75) is 12.8 Å². The zero-order valence-electron chi connectivity index (χ0n) is 9.88. The predicted molar refractivity (Wildman–Crippen MR) is 61.3 cm³/mol. The van der Waals surface area contributed by atoms with Crippen LogP contribution in [0.1, 0.15) is 12.8 Å². The van der Waals surface area contributed by atoms with Crippen molar-refractivity contribution < 1.29 is 19.2 Å². The molecule has 8 heteroatoms. The van der Waals surface area contributed by atoms with Crippen molar-refractivity contribution in [2.75, 3.05) is 26.2 Å². The van der Waals surface area contributed by atoms with Gasteiger partial charge in [0.1, 0.15) is 0 Å². The van der Waals surface area contributed by atoms with Gasteiger partial charge in [-0.2, -0.15) is 0 Å². The smallest absolute Gasteiger partial charge is 0.239 e. The fourth-order valence-corrected chi connectivity index (χ4v) is 1.29. The van der Waals surface area contributed by atoms with Gasteiger partial charge in [0.2, 0.25) is 23.6 Å². The van der Waals surface area contributed by atoms with Gasteiger partial charge in [-0.15, -0.1) is 0 Å². The molecule has 0 aromatic carbocycles. The summed E-state index contributed by atoms with van der Waals surface area (Å²) in [5, 5.41) is 9.82. The minimum atomic E-state index is -0.444. The molecule has 0 radical (unpaired) electrons. The third-order valence-electron chi connectivity index (χ3n) is 2.24. The van der Waals surface area contributed by atoms with E-state index in [-0.39, 0.29) is 50.2 Å². The Morgan fingerprint density at radius 1 is 0.556 bits per heavy atom. The van der Waals surface area contributed by atoms with E-state index in [0.717, 1.165) is 0 Å². The van der Waals surface area contributed by atoms with Crippen LogP contribution in [0.4, 0.5) is 0 Å². The molecule has 1 rings (SSSR count). The summed E-state index contributed by atoms with van der Waals surface area (Å²) in [5.74, 6) is -1.43. The van der Waals surface area contributed by atoms with Crippen LogP contribution in [0.5, 0.6) is 0 Å². The van der Waals surface area contributed by atoms with Gasteiger partial charge in [0.05, 0.1) is 13.1 Å². The van der Waals surface area contributed by atoms with E-state index in [1.165, 1.54) is 0 Å². The number of rotatable bonds is 0. The lowest BCUT2D eigenvalue weighted by Crippen LogP contribution is -2.44. The summed E-state index contributed by atoms with van der Waals surface area (Å²) in [6, 6.07) is 0. The molecule has 1 heterocycles. The van der Waals surface area contributed by atoms with Gasteiger partial charge in [-0.3, -0.25) is 19.2 Å². The van der Waals surface area contributed by atoms with E-state index in [4.69, 9.17) is 0 Å². The lowest BCUT2D eigenvalue weighted by molar-refractivity contribution is -0.129. The molecule has 1 saturated heterocycles. The largest absolute Gasteiger partial charge is 0.354 e. The summed E-state index contributed by atoms with van der Waals surface area (Å²) in [6.07, 6.45) is 0.0902. The molecule has 0 spiro atoms. The molecule has 0 aromatic heterocycles. The molecule has 0 saturated carbocycles. The molecule has 1 aliphatic heterocycles. The molecule has 0 bridgehead atoms. The second-order valence-electron chi connectivity index (χ2n) is 3.75. The number of carbonyl (C=O) groups is 4. The van der Waals surface area contributed by atoms with Crippen molar-refractivity contribution >= 4 is 23.6 Å². The van der Waals surface area contributed by atoms with E-state index in [1.807, 2.05) is 0 Å². The van der Waals surface area contributed by atoms with E-state index in [2.05, 4.69) is 21.3 Å². The standard InChI is InChI=1S/C10H16N4O4/c15-7-1-2-8(16)13-6-10(18)14-5-9(17)12-4-3-11-7/h1-6H2,(H,11,15)(H,12,17)(H,13,16)(H,14,18). The van der Waals surface area contributed by atoms with Crippen LogP contribution in [0, 0.1) is 0 Å². The normalized spacial score (nSPS) is 20.0. The summed E-state index contributed by atoms with van der Waals surface area (Å²) in [5.41, 5.74) is 0. The first-order chi connectivity index (χ1) is 8.58. The summed E-state index contributed by atoms with van der Waals surface area (Å²) >= 11 is 0. The molecular weight excluding hydrogens is 240 g/mol. The fraction of sp³-hybridized carbons (Fsp3) is 0.600. The van der Waals surface area contributed by atoms with Crippen LogP contribution in [0.2, 0.25) is 0 Å². The highest BCUT2D eigenvalue weighted by molar-refractivity contribution is 5.89. The van der Waals surface area contributed by atoms with Crippen LogP contribution in [-0.4, -0.2) is 49.8 Å². The van der Waals surface area contributed by atoms with Gasteiger partial charge < -0.3 is 21.3 Å². The maximum atomic E-state index is 11.3. The molecule has 0 aliphatic carbocycles. The minimum absolute atomic E-state index is 0.0332. The number of nitrogens with one attached hydrogen (secondary N) is 4. The Labute approximate surface area is 104 Å². The average molecular weight is 256 g/mol. The monoisotopic (exact) mass is 256 g/mol. The van der Waals surface area contributed by atoms with E-state index in [0.29, 0.717) is 6.54 Å². The maximum Gasteiger partial charge on any atom is 0.239 e. The van der Waals surface area contributed by atoms with E-state index < -0.39 is 5.91 Å². The highest BCUT2D eigenvalue weighted by Gasteiger charge is 2.10. The Hall–Kier alpha value is -2.12. The molecular formula is C10H16N4O4. The van der Waals surface area contributed by atoms with Crippen molar-refractivity contribution in [3.8, 4) is 0 Å². The molecule has 8 nitrogen and oxygen atoms in total. The highest BCUT2D eigenvalue weighted by Crippen LogP contribution is 1.88. The Morgan fingerprint density at radius 2 is 0.944 bits per heavy atom. The van der Waals surface area contributed by atoms with Crippen molar-refractivity contribution in [3.63, 3.8) is 0 Å². The minimum Gasteiger partial charge on any atom is -0.354 e. The maximum absolute atomic E-state index is 11.3. The molecule has 0 atom stereocenters. The third kappa shape index (κ3) is 5.83. The van der Waals surface area contributed by atoms with Gasteiger partial charge in [-0.25, -0.2) is 0 Å². The zero-order valence-corrected chi connectivity index (χ0v) is 9.88. The Morgan fingerprint density at radius 3 is 1.56 bits per heavy atom. The number of hydrogen-bond donors (Lipinski definition) is 4. The Bertz CT molecular complexity index is 322. The fourth-order valence-electron chi connectivity index (χ4n) is 1.29. The van der Waals surface area contributed by atoms with Gasteiger partial charge >= 0.3 is 0 Å². The van der Waals surface area contributed by atoms with Crippen LogP contribution in [-0.2, 0) is 19.2 Å². The molecule has 1 aliphatic rings. The van der Waals surface area contributed by atoms with Crippen LogP contribution in [0.25, 0.3) is 0 Å². The number of amides is 4. The summed E-state index contributed by atoms with van der Waals surface area (Å²) in [6.45, 7) is 0.225. The van der Waals surface area contributed by atoms with Crippen molar-refractivity contribution in [2.24, 2.45) is 0 Å². The SMILES string of the molecule is O=C1CCC(=O)NCC(=O)NCC(=O)NCCN1. The summed E-state index contributed by atoms with van der Waals surface area (Å²) in [4.78, 5) is 45.0. The molecule has 18 heavy (non-hydrogen) atoms. The van der Waals surface area contributed by atoms with E-state index in [9.17, 15) is 19.2 Å². The second-order valence-corrected chi connectivity index (χ2v) is 3.75. The van der Waals surface area contributed by atoms with E-state index >= 15 is 0 Å². The van der Waals surface area contributed by atoms with Crippen molar-refractivity contribution in [1.82, 2.24) is 21.3 Å². The Kier molecular flexibility index (Phi) is 5.62. The second kappa shape index (κ2) is 7.25. The topological polar surface area (TPSA) is 116 Å². The first-order valence-electron chi connectivity index (χ1n) is 5.64. The first kappa shape index (κ1) is 13.9. The van der Waals surface area contributed by atoms with Gasteiger partial charge in [0.15, 0.2) is 0 Å². The quantitative estimate of drug-likeness (QED) is 0.376. The molecule has 1 fully saturated rings. The first-order valence-corrected chi connectivity index (χ1v) is 5.64. The van der Waals surface area contributed by atoms with Gasteiger partial charge in [0, 0.05) is 25.9 Å². The van der Waals surface area contributed by atoms with Crippen molar-refractivity contribution in [1.29, 1.82) is 0 Å². The predicted octanol–water partition coefficient (Wildman–Crippen LogP) is -2.75. The van der Waals surface area contributed by atoms with Crippen LogP contribution >= 0.6 is 0 Å². The lowest BCUT2D eigenvalue weighted by Gasteiger charge is -2.10. The molecule has 0 unspecified atom stereocenters. The number of carbonyl (C=O) groups excluding carboxylic acids is 4. The third-order valence-corrected chi connectivity index (χ3v) is 2.24. The number of hydrogen-bond acceptors (Lipinski definition) is 4. The van der Waals surface area contributed by atoms with Gasteiger partial charge in [-0.1, -0.05) is 0 Å². The summed E-state index contributed by atoms with van der Waals surface area (Å²) < 4.78 is 0. The van der Waals surface area contributed by atoms with E-state index in [1.54, 1.807) is 0 Å². The van der Waals surface area contributed by atoms with Crippen LogP contribution in [0.3, 0.4) is 0 Å². The molecule has 0 aromatic rings. The zero-order chi connectivity index (χ0) is 13.4. The van der Waals surface area contributed by atoms with Gasteiger partial charge in [-0.05, 0) is 0 Å². The van der Waals surface area contributed by atoms with Gasteiger partial charge in [0.25, 0.3) is 0 Å². The van der Waals surface area contributed by atoms with Crippen molar-refractivity contribution in [3.05, 3.63) is 0 Å². The van der Waals surface area contributed by atoms with Crippen LogP contribution in [0.15, 0.2) is 0 Å². The highest BCUT2D eigenvalue weighted by atomic mass is 16.2. The molecule has 100 valence electrons. The van der Waals surface area contributed by atoms with Crippen LogP contribution < -0.4 is 21.3 Å². The summed E-state index contributed by atoms with van der Waals surface area (Å²) in [7, 11) is 0. The average Bonchev–Trinajstić information content (AvgIpc) is 2.35. The Balaban J connectivity index is 2.47. The lowest BCUT2D eigenvalue weighted by atomic mass is 10.2.